The van der Waals surface area contributed by atoms with Crippen molar-refractivity contribution in [1.29, 1.82) is 0 Å². The number of benzene rings is 1. The molecule has 0 aromatic heterocycles. The molecule has 0 atom stereocenters. The summed E-state index contributed by atoms with van der Waals surface area (Å²) >= 11 is 3.12. The average molecular weight is 328 g/mol. The molecule has 0 spiro atoms. The van der Waals surface area contributed by atoms with Gasteiger partial charge in [-0.25, -0.2) is 4.39 Å². The minimum absolute atomic E-state index is 0.156. The number of nitrogens with one attached hydrogen (secondary N) is 1. The first-order valence-electron chi connectivity index (χ1n) is 5.01. The Bertz CT molecular complexity index is 434. The number of hydrogen-bond acceptors (Lipinski definition) is 2. The van der Waals surface area contributed by atoms with Crippen molar-refractivity contribution in [2.45, 2.75) is 12.6 Å². The van der Waals surface area contributed by atoms with Crippen LogP contribution in [0.4, 0.5) is 17.6 Å². The number of carbonyl (C=O) groups is 1. The van der Waals surface area contributed by atoms with Crippen LogP contribution in [0.1, 0.15) is 5.56 Å². The van der Waals surface area contributed by atoms with Gasteiger partial charge in [0.15, 0.2) is 5.78 Å². The quantitative estimate of drug-likeness (QED) is 0.842. The van der Waals surface area contributed by atoms with E-state index in [-0.39, 0.29) is 12.0 Å². The molecule has 2 nitrogen and oxygen atoms in total. The molecule has 0 saturated carbocycles. The fourth-order valence-corrected chi connectivity index (χ4v) is 1.71. The molecule has 7 heteroatoms. The highest BCUT2D eigenvalue weighted by Gasteiger charge is 2.26. The predicted molar refractivity (Wildman–Crippen MR) is 61.7 cm³/mol. The second kappa shape index (κ2) is 6.29. The molecule has 1 rings (SSSR count). The van der Waals surface area contributed by atoms with E-state index in [4.69, 9.17) is 0 Å². The van der Waals surface area contributed by atoms with Gasteiger partial charge in [0.2, 0.25) is 0 Å². The highest BCUT2D eigenvalue weighted by Crippen LogP contribution is 2.16. The maximum absolute atomic E-state index is 13.3. The maximum atomic E-state index is 13.3. The Balaban J connectivity index is 2.47. The third-order valence-electron chi connectivity index (χ3n) is 2.04. The van der Waals surface area contributed by atoms with Gasteiger partial charge in [-0.15, -0.1) is 0 Å². The monoisotopic (exact) mass is 327 g/mol. The Labute approximate surface area is 109 Å². The lowest BCUT2D eigenvalue weighted by atomic mass is 10.1. The first-order valence-corrected chi connectivity index (χ1v) is 5.80. The van der Waals surface area contributed by atoms with Crippen molar-refractivity contribution >= 4 is 21.7 Å². The fraction of sp³-hybridized carbons (Fsp3) is 0.364. The second-order valence-corrected chi connectivity index (χ2v) is 4.59. The molecule has 18 heavy (non-hydrogen) atoms. The number of hydrogen-bond donors (Lipinski definition) is 1. The molecule has 0 unspecified atom stereocenters. The summed E-state index contributed by atoms with van der Waals surface area (Å²) in [5.74, 6) is -1.06. The highest BCUT2D eigenvalue weighted by atomic mass is 79.9. The van der Waals surface area contributed by atoms with Crippen LogP contribution >= 0.6 is 15.9 Å². The van der Waals surface area contributed by atoms with Crippen molar-refractivity contribution in [2.24, 2.45) is 0 Å². The van der Waals surface area contributed by atoms with Crippen molar-refractivity contribution in [2.75, 3.05) is 13.1 Å². The predicted octanol–water partition coefficient (Wildman–Crippen LogP) is 2.85. The summed E-state index contributed by atoms with van der Waals surface area (Å²) < 4.78 is 49.3. The molecule has 0 bridgehead atoms. The van der Waals surface area contributed by atoms with Gasteiger partial charge in [-0.1, -0.05) is 15.9 Å². The van der Waals surface area contributed by atoms with Gasteiger partial charge in [-0.2, -0.15) is 13.2 Å². The van der Waals surface area contributed by atoms with E-state index in [0.717, 1.165) is 0 Å². The van der Waals surface area contributed by atoms with Crippen molar-refractivity contribution in [3.8, 4) is 0 Å². The van der Waals surface area contributed by atoms with E-state index >= 15 is 0 Å². The Hall–Kier alpha value is -0.950. The number of alkyl halides is 3. The third kappa shape index (κ3) is 5.59. The molecule has 0 fully saturated rings. The van der Waals surface area contributed by atoms with Crippen LogP contribution in [0.25, 0.3) is 0 Å². The minimum Gasteiger partial charge on any atom is -0.302 e. The number of Topliss-reactive ketones (excluding diaryl/α,β-unsaturated/α-hetero) is 1. The van der Waals surface area contributed by atoms with Gasteiger partial charge < -0.3 is 5.32 Å². The van der Waals surface area contributed by atoms with Crippen LogP contribution in [0.15, 0.2) is 22.7 Å². The first-order chi connectivity index (χ1) is 8.28. The van der Waals surface area contributed by atoms with Gasteiger partial charge in [-0.3, -0.25) is 4.79 Å². The molecule has 1 aromatic carbocycles. The number of halogens is 5. The molecular weight excluding hydrogens is 318 g/mol. The van der Waals surface area contributed by atoms with Crippen molar-refractivity contribution in [1.82, 2.24) is 5.32 Å². The molecule has 1 aromatic rings. The minimum atomic E-state index is -4.36. The third-order valence-corrected chi connectivity index (χ3v) is 2.54. The van der Waals surface area contributed by atoms with Gasteiger partial charge in [-0.05, 0) is 23.8 Å². The highest BCUT2D eigenvalue weighted by molar-refractivity contribution is 9.10. The van der Waals surface area contributed by atoms with Gasteiger partial charge in [0.25, 0.3) is 0 Å². The molecule has 0 heterocycles. The Morgan fingerprint density at radius 3 is 2.61 bits per heavy atom. The van der Waals surface area contributed by atoms with Crippen LogP contribution in [0.3, 0.4) is 0 Å². The molecule has 0 aliphatic heterocycles. The van der Waals surface area contributed by atoms with Crippen molar-refractivity contribution in [3.05, 3.63) is 34.1 Å². The molecule has 100 valence electrons. The van der Waals surface area contributed by atoms with E-state index in [0.29, 0.717) is 4.47 Å². The normalized spacial score (nSPS) is 11.6. The smallest absolute Gasteiger partial charge is 0.302 e. The van der Waals surface area contributed by atoms with Crippen LogP contribution in [-0.2, 0) is 11.2 Å². The van der Waals surface area contributed by atoms with Gasteiger partial charge in [0, 0.05) is 10.9 Å². The second-order valence-electron chi connectivity index (χ2n) is 3.67. The molecule has 0 saturated heterocycles. The van der Waals surface area contributed by atoms with E-state index in [2.05, 4.69) is 15.9 Å². The van der Waals surface area contributed by atoms with E-state index in [1.54, 1.807) is 0 Å². The van der Waals surface area contributed by atoms with E-state index < -0.39 is 30.9 Å². The van der Waals surface area contributed by atoms with Gasteiger partial charge in [0.1, 0.15) is 5.82 Å². The summed E-state index contributed by atoms with van der Waals surface area (Å²) in [5.41, 5.74) is 0.156. The number of ketones is 1. The topological polar surface area (TPSA) is 29.1 Å². The molecule has 0 aliphatic rings. The molecule has 1 N–H and O–H groups in total. The van der Waals surface area contributed by atoms with Gasteiger partial charge >= 0.3 is 6.18 Å². The van der Waals surface area contributed by atoms with Crippen molar-refractivity contribution in [3.63, 3.8) is 0 Å². The van der Waals surface area contributed by atoms with Crippen LogP contribution in [0, 0.1) is 5.82 Å². The Kier molecular flexibility index (Phi) is 5.28. The van der Waals surface area contributed by atoms with E-state index in [9.17, 15) is 22.4 Å². The standard InChI is InChI=1S/C11H10BrF4NO/c12-8-1-2-10(13)7(3-8)4-9(18)5-17-6-11(14,15)16/h1-3,17H,4-6H2. The molecule has 0 aliphatic carbocycles. The van der Waals surface area contributed by atoms with E-state index in [1.165, 1.54) is 18.2 Å². The van der Waals surface area contributed by atoms with Crippen LogP contribution in [-0.4, -0.2) is 25.0 Å². The summed E-state index contributed by atoms with van der Waals surface area (Å²) in [6.07, 6.45) is -4.60. The zero-order chi connectivity index (χ0) is 13.8. The zero-order valence-corrected chi connectivity index (χ0v) is 10.7. The average Bonchev–Trinajstić information content (AvgIpc) is 2.21. The van der Waals surface area contributed by atoms with E-state index in [1.807, 2.05) is 5.32 Å². The lowest BCUT2D eigenvalue weighted by Crippen LogP contribution is -2.33. The summed E-state index contributed by atoms with van der Waals surface area (Å²) in [5, 5.41) is 1.97. The number of rotatable bonds is 5. The number of carbonyl (C=O) groups excluding carboxylic acids is 1. The van der Waals surface area contributed by atoms with Crippen molar-refractivity contribution < 1.29 is 22.4 Å². The SMILES string of the molecule is O=C(CNCC(F)(F)F)Cc1cc(Br)ccc1F. The zero-order valence-electron chi connectivity index (χ0n) is 9.15. The summed E-state index contributed by atoms with van der Waals surface area (Å²) in [4.78, 5) is 11.4. The Morgan fingerprint density at radius 1 is 1.33 bits per heavy atom. The largest absolute Gasteiger partial charge is 0.401 e. The molecular formula is C11H10BrF4NO. The maximum Gasteiger partial charge on any atom is 0.401 e. The van der Waals surface area contributed by atoms with Gasteiger partial charge in [0.05, 0.1) is 13.1 Å². The first kappa shape index (κ1) is 15.1. The lowest BCUT2D eigenvalue weighted by Gasteiger charge is -2.08. The Morgan fingerprint density at radius 2 is 2.00 bits per heavy atom. The lowest BCUT2D eigenvalue weighted by molar-refractivity contribution is -0.127. The summed E-state index contributed by atoms with van der Waals surface area (Å²) in [6.45, 7) is -1.68. The summed E-state index contributed by atoms with van der Waals surface area (Å²) in [6, 6.07) is 4.10. The fourth-order valence-electron chi connectivity index (χ4n) is 1.30. The van der Waals surface area contributed by atoms with Crippen LogP contribution in [0.5, 0.6) is 0 Å². The van der Waals surface area contributed by atoms with Crippen LogP contribution < -0.4 is 5.32 Å². The molecule has 0 amide bonds. The molecule has 0 radical (unpaired) electrons. The van der Waals surface area contributed by atoms with Crippen LogP contribution in [0.2, 0.25) is 0 Å². The summed E-state index contributed by atoms with van der Waals surface area (Å²) in [7, 11) is 0.